The van der Waals surface area contributed by atoms with Gasteiger partial charge in [-0.2, -0.15) is 0 Å². The molecule has 1 aliphatic heterocycles. The Morgan fingerprint density at radius 2 is 1.64 bits per heavy atom. The van der Waals surface area contributed by atoms with Gasteiger partial charge < -0.3 is 14.4 Å². The molecular formula is C20H24N2O5S. The lowest BCUT2D eigenvalue weighted by molar-refractivity contribution is -0.128. The van der Waals surface area contributed by atoms with Gasteiger partial charge in [-0.1, -0.05) is 18.2 Å². The molecule has 2 aromatic carbocycles. The normalized spacial score (nSPS) is 14.0. The molecule has 0 spiro atoms. The van der Waals surface area contributed by atoms with Gasteiger partial charge in [0.1, 0.15) is 6.54 Å². The number of carbonyl (C=O) groups excluding carboxylic acids is 1. The van der Waals surface area contributed by atoms with Crippen molar-refractivity contribution in [3.05, 3.63) is 48.5 Å². The Morgan fingerprint density at radius 1 is 1.00 bits per heavy atom. The molecule has 0 atom stereocenters. The maximum absolute atomic E-state index is 13.3. The number of anilines is 1. The van der Waals surface area contributed by atoms with Crippen molar-refractivity contribution in [2.24, 2.45) is 0 Å². The van der Waals surface area contributed by atoms with E-state index in [0.29, 0.717) is 30.3 Å². The van der Waals surface area contributed by atoms with E-state index >= 15 is 0 Å². The largest absolute Gasteiger partial charge is 0.493 e. The summed E-state index contributed by atoms with van der Waals surface area (Å²) in [5.41, 5.74) is 0.342. The number of hydrogen-bond acceptors (Lipinski definition) is 5. The van der Waals surface area contributed by atoms with Crippen LogP contribution in [0.5, 0.6) is 11.5 Å². The molecule has 7 nitrogen and oxygen atoms in total. The number of likely N-dealkylation sites (tertiary alicyclic amines) is 1. The van der Waals surface area contributed by atoms with Crippen LogP contribution in [0, 0.1) is 0 Å². The third-order valence-corrected chi connectivity index (χ3v) is 6.51. The van der Waals surface area contributed by atoms with E-state index in [4.69, 9.17) is 9.47 Å². The molecule has 0 unspecified atom stereocenters. The summed E-state index contributed by atoms with van der Waals surface area (Å²) < 4.78 is 38.3. The minimum atomic E-state index is -3.93. The van der Waals surface area contributed by atoms with Crippen molar-refractivity contribution in [2.75, 3.05) is 38.2 Å². The molecule has 0 saturated carbocycles. The summed E-state index contributed by atoms with van der Waals surface area (Å²) in [5, 5.41) is 0. The Balaban J connectivity index is 2.02. The Kier molecular flexibility index (Phi) is 6.08. The van der Waals surface area contributed by atoms with Crippen LogP contribution in [0.3, 0.4) is 0 Å². The Hall–Kier alpha value is -2.74. The zero-order valence-corrected chi connectivity index (χ0v) is 16.8. The molecule has 1 fully saturated rings. The van der Waals surface area contributed by atoms with Gasteiger partial charge in [0.05, 0.1) is 24.8 Å². The summed E-state index contributed by atoms with van der Waals surface area (Å²) in [5.74, 6) is 0.655. The quantitative estimate of drug-likeness (QED) is 0.709. The number of rotatable bonds is 7. The number of hydrogen-bond donors (Lipinski definition) is 0. The third-order valence-electron chi connectivity index (χ3n) is 4.72. The highest BCUT2D eigenvalue weighted by Gasteiger charge is 2.30. The van der Waals surface area contributed by atoms with E-state index in [1.165, 1.54) is 26.4 Å². The van der Waals surface area contributed by atoms with Crippen LogP contribution in [0.1, 0.15) is 12.8 Å². The minimum Gasteiger partial charge on any atom is -0.493 e. The first kappa shape index (κ1) is 20.0. The molecule has 1 aliphatic rings. The Labute approximate surface area is 165 Å². The van der Waals surface area contributed by atoms with Crippen molar-refractivity contribution in [3.63, 3.8) is 0 Å². The average Bonchev–Trinajstić information content (AvgIpc) is 3.27. The third kappa shape index (κ3) is 4.06. The van der Waals surface area contributed by atoms with Crippen LogP contribution in [0.4, 0.5) is 5.69 Å². The SMILES string of the molecule is COc1ccc(N(CC(=O)N2CCCC2)S(=O)(=O)c2ccccc2)cc1OC. The average molecular weight is 404 g/mol. The van der Waals surface area contributed by atoms with Crippen molar-refractivity contribution < 1.29 is 22.7 Å². The highest BCUT2D eigenvalue weighted by molar-refractivity contribution is 7.92. The molecule has 0 N–H and O–H groups in total. The van der Waals surface area contributed by atoms with Gasteiger partial charge in [0.25, 0.3) is 10.0 Å². The molecule has 150 valence electrons. The molecule has 28 heavy (non-hydrogen) atoms. The van der Waals surface area contributed by atoms with Gasteiger partial charge in [-0.3, -0.25) is 9.10 Å². The molecule has 0 bridgehead atoms. The zero-order valence-electron chi connectivity index (χ0n) is 16.0. The first-order valence-electron chi connectivity index (χ1n) is 9.05. The number of nitrogens with zero attached hydrogens (tertiary/aromatic N) is 2. The van der Waals surface area contributed by atoms with Gasteiger partial charge in [0.15, 0.2) is 11.5 Å². The summed E-state index contributed by atoms with van der Waals surface area (Å²) >= 11 is 0. The molecule has 0 radical (unpaired) electrons. The van der Waals surface area contributed by atoms with Crippen molar-refractivity contribution in [1.82, 2.24) is 4.90 Å². The van der Waals surface area contributed by atoms with Crippen molar-refractivity contribution in [2.45, 2.75) is 17.7 Å². The fourth-order valence-corrected chi connectivity index (χ4v) is 4.63. The fourth-order valence-electron chi connectivity index (χ4n) is 3.20. The first-order valence-corrected chi connectivity index (χ1v) is 10.5. The van der Waals surface area contributed by atoms with Crippen LogP contribution in [0.2, 0.25) is 0 Å². The summed E-state index contributed by atoms with van der Waals surface area (Å²) in [6.45, 7) is 1.04. The van der Waals surface area contributed by atoms with Gasteiger partial charge >= 0.3 is 0 Å². The van der Waals surface area contributed by atoms with E-state index < -0.39 is 10.0 Å². The van der Waals surface area contributed by atoms with Crippen LogP contribution in [-0.4, -0.2) is 53.1 Å². The second-order valence-electron chi connectivity index (χ2n) is 6.45. The van der Waals surface area contributed by atoms with Gasteiger partial charge in [-0.15, -0.1) is 0 Å². The molecule has 1 amide bonds. The number of benzene rings is 2. The van der Waals surface area contributed by atoms with Crippen LogP contribution in [-0.2, 0) is 14.8 Å². The highest BCUT2D eigenvalue weighted by Crippen LogP contribution is 2.33. The van der Waals surface area contributed by atoms with E-state index in [-0.39, 0.29) is 17.3 Å². The number of amides is 1. The number of methoxy groups -OCH3 is 2. The number of sulfonamides is 1. The molecule has 3 rings (SSSR count). The van der Waals surface area contributed by atoms with Gasteiger partial charge in [-0.05, 0) is 37.1 Å². The Morgan fingerprint density at radius 3 is 2.25 bits per heavy atom. The van der Waals surface area contributed by atoms with Gasteiger partial charge in [0.2, 0.25) is 5.91 Å². The van der Waals surface area contributed by atoms with Crippen LogP contribution in [0.15, 0.2) is 53.4 Å². The molecule has 8 heteroatoms. The lowest BCUT2D eigenvalue weighted by Crippen LogP contribution is -2.42. The maximum Gasteiger partial charge on any atom is 0.264 e. The predicted octanol–water partition coefficient (Wildman–Crippen LogP) is 2.52. The fraction of sp³-hybridized carbons (Fsp3) is 0.350. The smallest absolute Gasteiger partial charge is 0.264 e. The molecule has 1 saturated heterocycles. The second kappa shape index (κ2) is 8.52. The molecule has 2 aromatic rings. The monoisotopic (exact) mass is 404 g/mol. The number of carbonyl (C=O) groups is 1. The van der Waals surface area contributed by atoms with Crippen molar-refractivity contribution in [1.29, 1.82) is 0 Å². The summed E-state index contributed by atoms with van der Waals surface area (Å²) in [7, 11) is -0.948. The second-order valence-corrected chi connectivity index (χ2v) is 8.31. The number of ether oxygens (including phenoxy) is 2. The van der Waals surface area contributed by atoms with Gasteiger partial charge in [0, 0.05) is 19.2 Å². The topological polar surface area (TPSA) is 76.2 Å². The standard InChI is InChI=1S/C20H24N2O5S/c1-26-18-11-10-16(14-19(18)27-2)22(15-20(23)21-12-6-7-13-21)28(24,25)17-8-4-3-5-9-17/h3-5,8-11,14H,6-7,12-13,15H2,1-2H3. The summed E-state index contributed by atoms with van der Waals surface area (Å²) in [6.07, 6.45) is 1.88. The molecule has 0 aromatic heterocycles. The molecule has 0 aliphatic carbocycles. The van der Waals surface area contributed by atoms with Gasteiger partial charge in [-0.25, -0.2) is 8.42 Å². The maximum atomic E-state index is 13.3. The van der Waals surface area contributed by atoms with E-state index in [2.05, 4.69) is 0 Å². The zero-order chi connectivity index (χ0) is 20.1. The lowest BCUT2D eigenvalue weighted by Gasteiger charge is -2.27. The van der Waals surface area contributed by atoms with Crippen molar-refractivity contribution in [3.8, 4) is 11.5 Å². The van der Waals surface area contributed by atoms with E-state index in [1.807, 2.05) is 0 Å². The van der Waals surface area contributed by atoms with E-state index in [0.717, 1.165) is 17.1 Å². The van der Waals surface area contributed by atoms with Crippen LogP contribution >= 0.6 is 0 Å². The minimum absolute atomic E-state index is 0.124. The van der Waals surface area contributed by atoms with Crippen LogP contribution < -0.4 is 13.8 Å². The summed E-state index contributed by atoms with van der Waals surface area (Å²) in [4.78, 5) is 14.6. The predicted molar refractivity (Wildman–Crippen MR) is 106 cm³/mol. The molecular weight excluding hydrogens is 380 g/mol. The van der Waals surface area contributed by atoms with Crippen LogP contribution in [0.25, 0.3) is 0 Å². The van der Waals surface area contributed by atoms with E-state index in [1.54, 1.807) is 41.3 Å². The van der Waals surface area contributed by atoms with Crippen molar-refractivity contribution >= 4 is 21.6 Å². The van der Waals surface area contributed by atoms with E-state index in [9.17, 15) is 13.2 Å². The highest BCUT2D eigenvalue weighted by atomic mass is 32.2. The summed E-state index contributed by atoms with van der Waals surface area (Å²) in [6, 6.07) is 12.9. The molecule has 1 heterocycles. The lowest BCUT2D eigenvalue weighted by atomic mass is 10.2. The first-order chi connectivity index (χ1) is 13.5. The Bertz CT molecular complexity index is 925.